The molecule has 152 valence electrons. The van der Waals surface area contributed by atoms with Crippen LogP contribution in [0.25, 0.3) is 0 Å². The fraction of sp³-hybridized carbons (Fsp3) is 0.364. The summed E-state index contributed by atoms with van der Waals surface area (Å²) in [6, 6.07) is 14.0. The van der Waals surface area contributed by atoms with Crippen LogP contribution in [0.2, 0.25) is 0 Å². The number of hydrogen-bond donors (Lipinski definition) is 0. The molecule has 1 atom stereocenters. The van der Waals surface area contributed by atoms with Gasteiger partial charge in [-0.15, -0.1) is 0 Å². The number of anilines is 2. The van der Waals surface area contributed by atoms with E-state index in [0.29, 0.717) is 49.7 Å². The summed E-state index contributed by atoms with van der Waals surface area (Å²) in [5, 5.41) is 0. The van der Waals surface area contributed by atoms with Crippen molar-refractivity contribution in [3.8, 4) is 5.75 Å². The summed E-state index contributed by atoms with van der Waals surface area (Å²) in [4.78, 5) is 30.9. The van der Waals surface area contributed by atoms with Gasteiger partial charge in [-0.25, -0.2) is 4.39 Å². The smallest absolute Gasteiger partial charge is 0.268 e. The van der Waals surface area contributed by atoms with Crippen molar-refractivity contribution in [2.45, 2.75) is 19.4 Å². The monoisotopic (exact) mass is 397 g/mol. The molecule has 0 bridgehead atoms. The van der Waals surface area contributed by atoms with E-state index in [1.165, 1.54) is 11.0 Å². The van der Waals surface area contributed by atoms with Crippen molar-refractivity contribution in [1.29, 1.82) is 0 Å². The number of carbonyl (C=O) groups excluding carboxylic acids is 2. The van der Waals surface area contributed by atoms with Gasteiger partial charge >= 0.3 is 0 Å². The zero-order valence-corrected chi connectivity index (χ0v) is 16.4. The maximum Gasteiger partial charge on any atom is 0.268 e. The summed E-state index contributed by atoms with van der Waals surface area (Å²) in [5.74, 6) is 0.0622. The number of piperazine rings is 1. The molecule has 2 aliphatic rings. The van der Waals surface area contributed by atoms with E-state index in [2.05, 4.69) is 0 Å². The fourth-order valence-electron chi connectivity index (χ4n) is 3.84. The Morgan fingerprint density at radius 2 is 1.69 bits per heavy atom. The number of carbonyl (C=O) groups is 2. The van der Waals surface area contributed by atoms with Gasteiger partial charge in [-0.05, 0) is 30.7 Å². The van der Waals surface area contributed by atoms with Gasteiger partial charge in [-0.2, -0.15) is 0 Å². The summed E-state index contributed by atoms with van der Waals surface area (Å²) in [7, 11) is 0. The van der Waals surface area contributed by atoms with E-state index >= 15 is 0 Å². The molecule has 0 N–H and O–H groups in total. The third kappa shape index (κ3) is 3.77. The maximum absolute atomic E-state index is 14.0. The SMILES string of the molecule is CCC1Oc2ccccc2N(CC(=O)N2CCN(c3ccccc3F)CC2)C1=O. The van der Waals surface area contributed by atoms with Gasteiger partial charge in [-0.3, -0.25) is 14.5 Å². The van der Waals surface area contributed by atoms with Gasteiger partial charge in [0, 0.05) is 26.2 Å². The molecule has 6 nitrogen and oxygen atoms in total. The number of hydrogen-bond acceptors (Lipinski definition) is 4. The molecule has 0 aliphatic carbocycles. The van der Waals surface area contributed by atoms with Crippen molar-refractivity contribution in [2.24, 2.45) is 0 Å². The van der Waals surface area contributed by atoms with E-state index in [1.54, 1.807) is 23.1 Å². The molecule has 1 fully saturated rings. The second-order valence-corrected chi connectivity index (χ2v) is 7.23. The molecule has 2 aliphatic heterocycles. The summed E-state index contributed by atoms with van der Waals surface area (Å²) >= 11 is 0. The van der Waals surface area contributed by atoms with Crippen molar-refractivity contribution in [3.05, 3.63) is 54.3 Å². The normalized spacial score (nSPS) is 19.0. The summed E-state index contributed by atoms with van der Waals surface area (Å²) in [6.45, 7) is 3.96. The molecule has 1 unspecified atom stereocenters. The van der Waals surface area contributed by atoms with Crippen LogP contribution in [0.15, 0.2) is 48.5 Å². The summed E-state index contributed by atoms with van der Waals surface area (Å²) < 4.78 is 19.8. The lowest BCUT2D eigenvalue weighted by molar-refractivity contribution is -0.133. The Labute approximate surface area is 169 Å². The number of para-hydroxylation sites is 3. The number of rotatable bonds is 4. The molecule has 1 saturated heterocycles. The van der Waals surface area contributed by atoms with E-state index in [4.69, 9.17) is 4.74 Å². The zero-order chi connectivity index (χ0) is 20.4. The highest BCUT2D eigenvalue weighted by Gasteiger charge is 2.35. The molecule has 0 spiro atoms. The van der Waals surface area contributed by atoms with Crippen LogP contribution in [0.3, 0.4) is 0 Å². The van der Waals surface area contributed by atoms with Gasteiger partial charge in [0.1, 0.15) is 18.1 Å². The summed E-state index contributed by atoms with van der Waals surface area (Å²) in [6.07, 6.45) is -0.0327. The van der Waals surface area contributed by atoms with E-state index in [1.807, 2.05) is 36.1 Å². The zero-order valence-electron chi connectivity index (χ0n) is 16.4. The number of amides is 2. The molecule has 0 saturated carbocycles. The fourth-order valence-corrected chi connectivity index (χ4v) is 3.84. The Hall–Kier alpha value is -3.09. The largest absolute Gasteiger partial charge is 0.478 e. The molecule has 0 aromatic heterocycles. The Bertz CT molecular complexity index is 912. The Morgan fingerprint density at radius 1 is 1.03 bits per heavy atom. The lowest BCUT2D eigenvalue weighted by atomic mass is 10.1. The Kier molecular flexibility index (Phi) is 5.38. The number of benzene rings is 2. The molecular formula is C22H24FN3O3. The third-order valence-corrected chi connectivity index (χ3v) is 5.46. The highest BCUT2D eigenvalue weighted by Crippen LogP contribution is 2.34. The minimum Gasteiger partial charge on any atom is -0.478 e. The lowest BCUT2D eigenvalue weighted by Crippen LogP contribution is -2.54. The number of ether oxygens (including phenoxy) is 1. The average molecular weight is 397 g/mol. The Balaban J connectivity index is 1.43. The van der Waals surface area contributed by atoms with Crippen molar-refractivity contribution in [2.75, 3.05) is 42.5 Å². The van der Waals surface area contributed by atoms with Crippen LogP contribution in [-0.2, 0) is 9.59 Å². The van der Waals surface area contributed by atoms with Crippen LogP contribution in [0.5, 0.6) is 5.75 Å². The van der Waals surface area contributed by atoms with Crippen molar-refractivity contribution < 1.29 is 18.7 Å². The minimum atomic E-state index is -0.574. The van der Waals surface area contributed by atoms with Crippen molar-refractivity contribution in [3.63, 3.8) is 0 Å². The molecule has 7 heteroatoms. The maximum atomic E-state index is 14.0. The second-order valence-electron chi connectivity index (χ2n) is 7.23. The highest BCUT2D eigenvalue weighted by atomic mass is 19.1. The van der Waals surface area contributed by atoms with Gasteiger partial charge in [0.15, 0.2) is 6.10 Å². The van der Waals surface area contributed by atoms with E-state index < -0.39 is 6.10 Å². The van der Waals surface area contributed by atoms with Crippen LogP contribution in [0, 0.1) is 5.82 Å². The van der Waals surface area contributed by atoms with Crippen LogP contribution < -0.4 is 14.5 Å². The first-order chi connectivity index (χ1) is 14.1. The predicted molar refractivity (Wildman–Crippen MR) is 109 cm³/mol. The number of halogens is 1. The standard InChI is InChI=1S/C22H24FN3O3/c1-2-19-22(28)26(18-9-5-6-10-20(18)29-19)15-21(27)25-13-11-24(12-14-25)17-8-4-3-7-16(17)23/h3-10,19H,2,11-15H2,1H3. The van der Waals surface area contributed by atoms with Gasteiger partial charge in [0.2, 0.25) is 5.91 Å². The molecular weight excluding hydrogens is 373 g/mol. The molecule has 2 aromatic carbocycles. The van der Waals surface area contributed by atoms with Crippen molar-refractivity contribution in [1.82, 2.24) is 4.90 Å². The molecule has 0 radical (unpaired) electrons. The first-order valence-corrected chi connectivity index (χ1v) is 9.92. The summed E-state index contributed by atoms with van der Waals surface area (Å²) in [5.41, 5.74) is 1.18. The van der Waals surface area contributed by atoms with Gasteiger partial charge in [-0.1, -0.05) is 31.2 Å². The van der Waals surface area contributed by atoms with Crippen LogP contribution in [-0.4, -0.2) is 55.5 Å². The van der Waals surface area contributed by atoms with Crippen molar-refractivity contribution >= 4 is 23.2 Å². The highest BCUT2D eigenvalue weighted by molar-refractivity contribution is 6.03. The van der Waals surface area contributed by atoms with E-state index in [-0.39, 0.29) is 24.2 Å². The van der Waals surface area contributed by atoms with E-state index in [0.717, 1.165) is 0 Å². The first kappa shape index (κ1) is 19.2. The second kappa shape index (κ2) is 8.11. The molecule has 2 heterocycles. The lowest BCUT2D eigenvalue weighted by Gasteiger charge is -2.38. The number of fused-ring (bicyclic) bond motifs is 1. The van der Waals surface area contributed by atoms with E-state index in [9.17, 15) is 14.0 Å². The predicted octanol–water partition coefficient (Wildman–Crippen LogP) is 2.68. The topological polar surface area (TPSA) is 53.1 Å². The Morgan fingerprint density at radius 3 is 2.38 bits per heavy atom. The molecule has 2 amide bonds. The van der Waals surface area contributed by atoms with Gasteiger partial charge < -0.3 is 14.5 Å². The third-order valence-electron chi connectivity index (χ3n) is 5.46. The quantitative estimate of drug-likeness (QED) is 0.796. The first-order valence-electron chi connectivity index (χ1n) is 9.92. The molecule has 4 rings (SSSR count). The molecule has 2 aromatic rings. The minimum absolute atomic E-state index is 0.0184. The number of nitrogens with zero attached hydrogens (tertiary/aromatic N) is 3. The van der Waals surface area contributed by atoms with Crippen LogP contribution in [0.4, 0.5) is 15.8 Å². The average Bonchev–Trinajstić information content (AvgIpc) is 2.76. The van der Waals surface area contributed by atoms with Crippen LogP contribution >= 0.6 is 0 Å². The van der Waals surface area contributed by atoms with Gasteiger partial charge in [0.25, 0.3) is 5.91 Å². The molecule has 29 heavy (non-hydrogen) atoms. The van der Waals surface area contributed by atoms with Crippen LogP contribution in [0.1, 0.15) is 13.3 Å². The van der Waals surface area contributed by atoms with Gasteiger partial charge in [0.05, 0.1) is 11.4 Å².